The molecule has 3 nitrogen and oxygen atoms in total. The van der Waals surface area contributed by atoms with E-state index >= 15 is 0 Å². The quantitative estimate of drug-likeness (QED) is 0.712. The van der Waals surface area contributed by atoms with E-state index in [2.05, 4.69) is 48.5 Å². The first-order valence-corrected chi connectivity index (χ1v) is 12.6. The molecule has 2 rings (SSSR count). The second kappa shape index (κ2) is 9.06. The summed E-state index contributed by atoms with van der Waals surface area (Å²) in [5.41, 5.74) is 0. The van der Waals surface area contributed by atoms with Gasteiger partial charge in [0, 0.05) is 0 Å². The van der Waals surface area contributed by atoms with E-state index in [9.17, 15) is 0 Å². The fourth-order valence-electron chi connectivity index (χ4n) is 4.35. The predicted octanol–water partition coefficient (Wildman–Crippen LogP) is 4.21. The Kier molecular flexibility index (Phi) is 8.27. The van der Waals surface area contributed by atoms with Crippen LogP contribution >= 0.6 is 0 Å². The Morgan fingerprint density at radius 3 is 1.96 bits per heavy atom. The fourth-order valence-corrected chi connectivity index (χ4v) is 6.61. The molecule has 130 valence electrons. The van der Waals surface area contributed by atoms with Crippen LogP contribution in [-0.2, 0) is 14.2 Å². The van der Waals surface area contributed by atoms with E-state index in [1.807, 2.05) is 0 Å². The molecular formula is C19H35O3Rb. The van der Waals surface area contributed by atoms with E-state index in [-0.39, 0.29) is 18.5 Å². The molecule has 0 radical (unpaired) electrons. The molecule has 2 saturated heterocycles. The summed E-state index contributed by atoms with van der Waals surface area (Å²) in [7, 11) is 0. The Hall–Kier alpha value is 1.69. The van der Waals surface area contributed by atoms with Crippen LogP contribution in [0.15, 0.2) is 0 Å². The predicted molar refractivity (Wildman–Crippen MR) is 94.6 cm³/mol. The van der Waals surface area contributed by atoms with E-state index in [0.29, 0.717) is 90.4 Å². The normalized spacial score (nSPS) is 51.7. The van der Waals surface area contributed by atoms with E-state index in [1.165, 1.54) is 0 Å². The van der Waals surface area contributed by atoms with E-state index < -0.39 is 0 Å². The summed E-state index contributed by atoms with van der Waals surface area (Å²) < 4.78 is 19.9. The molecule has 10 atom stereocenters. The number of rotatable bonds is 4. The van der Waals surface area contributed by atoms with Gasteiger partial charge in [0.2, 0.25) is 0 Å². The molecule has 0 aromatic carbocycles. The van der Waals surface area contributed by atoms with Crippen molar-refractivity contribution in [3.63, 3.8) is 0 Å². The minimum absolute atomic E-state index is 0.00680. The summed E-state index contributed by atoms with van der Waals surface area (Å²) >= 11 is 0.524. The topological polar surface area (TPSA) is 27.7 Å². The average molecular weight is 397 g/mol. The van der Waals surface area contributed by atoms with Gasteiger partial charge in [-0.1, -0.05) is 0 Å². The molecule has 0 N–H and O–H groups in total. The van der Waals surface area contributed by atoms with Gasteiger partial charge in [0.05, 0.1) is 0 Å². The standard InChI is InChI=1S/C19H35O3.Rb/c1-8-16-12(4)11(3)10-18(21-16)22-19-14(6)13(5)15(7)20-17(19)9-2;/h10-19H,8-9H2,1-7H3;/t11-,12+,13?,14-,15?,16?,17?,18-,19+;/m1./s1. The van der Waals surface area contributed by atoms with Crippen LogP contribution in [0.4, 0.5) is 0 Å². The Balaban J connectivity index is 2.11. The molecule has 2 fully saturated rings. The Morgan fingerprint density at radius 2 is 1.39 bits per heavy atom. The maximum atomic E-state index is 6.64. The zero-order chi connectivity index (χ0) is 17.3. The molecule has 23 heavy (non-hydrogen) atoms. The molecule has 2 aliphatic rings. The third-order valence-corrected chi connectivity index (χ3v) is 10.8. The summed E-state index contributed by atoms with van der Waals surface area (Å²) in [6, 6.07) is 0. The van der Waals surface area contributed by atoms with Crippen molar-refractivity contribution in [1.82, 2.24) is 0 Å². The summed E-state index contributed by atoms with van der Waals surface area (Å²) in [5, 5.41) is 0. The first kappa shape index (κ1) is 21.0. The SMILES string of the molecule is CCC1O[C@H](O[C@@H]2C(CC)OC(C)C(C)[C@H]2C)[CH]([Rb])[C@@H](C)[C@@H]1C. The molecule has 0 aromatic rings. The van der Waals surface area contributed by atoms with E-state index in [1.54, 1.807) is 0 Å². The molecule has 4 heteroatoms. The zero-order valence-electron chi connectivity index (χ0n) is 16.4. The summed E-state index contributed by atoms with van der Waals surface area (Å²) in [6.07, 6.45) is 3.12. The van der Waals surface area contributed by atoms with Gasteiger partial charge < -0.3 is 0 Å². The van der Waals surface area contributed by atoms with Crippen molar-refractivity contribution in [2.24, 2.45) is 23.7 Å². The number of ether oxygens (including phenoxy) is 3. The van der Waals surface area contributed by atoms with Crippen molar-refractivity contribution < 1.29 is 14.2 Å². The van der Waals surface area contributed by atoms with Gasteiger partial charge in [-0.2, -0.15) is 0 Å². The summed E-state index contributed by atoms with van der Waals surface area (Å²) in [5.74, 6) is 2.41. The van der Waals surface area contributed by atoms with Crippen LogP contribution in [-0.4, -0.2) is 86.2 Å². The molecule has 0 aliphatic carbocycles. The van der Waals surface area contributed by atoms with Crippen LogP contribution in [0.5, 0.6) is 0 Å². The Bertz CT molecular complexity index is 374. The third-order valence-electron chi connectivity index (χ3n) is 6.92. The van der Waals surface area contributed by atoms with Gasteiger partial charge in [0.1, 0.15) is 0 Å². The van der Waals surface area contributed by atoms with Gasteiger partial charge in [0.25, 0.3) is 0 Å². The third kappa shape index (κ3) is 4.51. The van der Waals surface area contributed by atoms with E-state index in [4.69, 9.17) is 14.2 Å². The summed E-state index contributed by atoms with van der Waals surface area (Å²) in [4.78, 5) is 0. The van der Waals surface area contributed by atoms with Crippen LogP contribution in [0, 0.1) is 23.7 Å². The van der Waals surface area contributed by atoms with Gasteiger partial charge >= 0.3 is 184 Å². The first-order valence-electron chi connectivity index (χ1n) is 9.78. The van der Waals surface area contributed by atoms with Gasteiger partial charge in [-0.3, -0.25) is 0 Å². The molecule has 2 aliphatic heterocycles. The van der Waals surface area contributed by atoms with Crippen molar-refractivity contribution in [1.29, 1.82) is 0 Å². The van der Waals surface area contributed by atoms with E-state index in [0.717, 1.165) is 12.8 Å². The molecular weight excluding hydrogens is 362 g/mol. The molecule has 0 bridgehead atoms. The average Bonchev–Trinajstić information content (AvgIpc) is 2.55. The molecule has 0 aromatic heterocycles. The van der Waals surface area contributed by atoms with Crippen LogP contribution in [0.2, 0.25) is -1.01 Å². The molecule has 5 unspecified atom stereocenters. The summed E-state index contributed by atoms with van der Waals surface area (Å²) in [6.45, 7) is 16.0. The van der Waals surface area contributed by atoms with Gasteiger partial charge in [-0.25, -0.2) is 0 Å². The zero-order valence-corrected chi connectivity index (χ0v) is 21.3. The minimum atomic E-state index is -0.00680. The van der Waals surface area contributed by atoms with Gasteiger partial charge in [-0.15, -0.1) is 0 Å². The second-order valence-corrected chi connectivity index (χ2v) is 11.4. The number of hydrogen-bond donors (Lipinski definition) is 0. The second-order valence-electron chi connectivity index (χ2n) is 8.14. The fraction of sp³-hybridized carbons (Fsp3) is 1.00. The van der Waals surface area contributed by atoms with Gasteiger partial charge in [-0.05, 0) is 0 Å². The molecule has 0 amide bonds. The Labute approximate surface area is 182 Å². The van der Waals surface area contributed by atoms with Crippen molar-refractivity contribution in [2.75, 3.05) is 0 Å². The Morgan fingerprint density at radius 1 is 0.783 bits per heavy atom. The monoisotopic (exact) mass is 396 g/mol. The first-order chi connectivity index (χ1) is 10.8. The van der Waals surface area contributed by atoms with Crippen LogP contribution in [0.3, 0.4) is 0 Å². The number of hydrogen-bond acceptors (Lipinski definition) is 3. The van der Waals surface area contributed by atoms with Crippen molar-refractivity contribution >= 4 is 55.5 Å². The van der Waals surface area contributed by atoms with Crippen LogP contribution in [0.1, 0.15) is 61.3 Å². The molecule has 0 saturated carbocycles. The van der Waals surface area contributed by atoms with Crippen LogP contribution < -0.4 is 0 Å². The molecule has 2 heterocycles. The van der Waals surface area contributed by atoms with Crippen LogP contribution in [0.25, 0.3) is 0 Å². The van der Waals surface area contributed by atoms with Gasteiger partial charge in [0.15, 0.2) is 0 Å². The van der Waals surface area contributed by atoms with Crippen molar-refractivity contribution in [3.8, 4) is 0 Å². The van der Waals surface area contributed by atoms with Crippen molar-refractivity contribution in [3.05, 3.63) is 0 Å². The van der Waals surface area contributed by atoms with Crippen molar-refractivity contribution in [2.45, 2.75) is 91.0 Å². The molecule has 0 spiro atoms. The maximum absolute atomic E-state index is 6.64.